The first-order chi connectivity index (χ1) is 10.8. The Labute approximate surface area is 136 Å². The number of aromatic amines is 1. The van der Waals surface area contributed by atoms with Crippen molar-refractivity contribution in [3.63, 3.8) is 0 Å². The summed E-state index contributed by atoms with van der Waals surface area (Å²) in [7, 11) is 1.63. The first kappa shape index (κ1) is 15.3. The number of nitrogens with zero attached hydrogens (tertiary/aromatic N) is 1. The molecule has 0 unspecified atom stereocenters. The number of nitrogens with one attached hydrogen (secondary N) is 1. The van der Waals surface area contributed by atoms with E-state index in [4.69, 9.17) is 9.47 Å². The van der Waals surface area contributed by atoms with E-state index in [1.807, 2.05) is 24.3 Å². The molecule has 0 bridgehead atoms. The summed E-state index contributed by atoms with van der Waals surface area (Å²) < 4.78 is 10.7. The van der Waals surface area contributed by atoms with Crippen LogP contribution in [0.15, 0.2) is 34.2 Å². The zero-order valence-corrected chi connectivity index (χ0v) is 13.8. The number of aromatic nitrogens is 2. The number of benzene rings is 1. The molecule has 0 saturated heterocycles. The van der Waals surface area contributed by atoms with Gasteiger partial charge in [-0.3, -0.25) is 4.79 Å². The van der Waals surface area contributed by atoms with Gasteiger partial charge in [0.25, 0.3) is 5.56 Å². The molecule has 3 rings (SSSR count). The van der Waals surface area contributed by atoms with Crippen LogP contribution in [0.2, 0.25) is 0 Å². The van der Waals surface area contributed by atoms with Crippen LogP contribution in [0.25, 0.3) is 0 Å². The number of rotatable bonds is 6. The molecule has 5 nitrogen and oxygen atoms in total. The maximum Gasteiger partial charge on any atom is 0.255 e. The van der Waals surface area contributed by atoms with Gasteiger partial charge in [0.15, 0.2) is 5.16 Å². The summed E-state index contributed by atoms with van der Waals surface area (Å²) in [6.45, 7) is 0.548. The van der Waals surface area contributed by atoms with Crippen molar-refractivity contribution in [3.05, 3.63) is 45.9 Å². The number of thioether (sulfide) groups is 2. The lowest BCUT2D eigenvalue weighted by atomic mass is 10.3. The normalized spacial score (nSPS) is 13.0. The van der Waals surface area contributed by atoms with E-state index in [2.05, 4.69) is 9.97 Å². The average molecular weight is 336 g/mol. The molecule has 0 atom stereocenters. The fourth-order valence-corrected chi connectivity index (χ4v) is 3.81. The van der Waals surface area contributed by atoms with Crippen LogP contribution in [0.5, 0.6) is 11.5 Å². The third kappa shape index (κ3) is 3.59. The lowest BCUT2D eigenvalue weighted by Crippen LogP contribution is -2.15. The van der Waals surface area contributed by atoms with Gasteiger partial charge in [-0.05, 0) is 24.3 Å². The molecule has 0 fully saturated rings. The van der Waals surface area contributed by atoms with Crippen molar-refractivity contribution in [1.29, 1.82) is 0 Å². The van der Waals surface area contributed by atoms with Gasteiger partial charge in [0.05, 0.1) is 19.4 Å². The Bertz CT molecular complexity index is 701. The molecule has 0 aliphatic carbocycles. The summed E-state index contributed by atoms with van der Waals surface area (Å²) in [5, 5.41) is 0.671. The highest BCUT2D eigenvalue weighted by molar-refractivity contribution is 7.99. The predicted octanol–water partition coefficient (Wildman–Crippen LogP) is 2.70. The van der Waals surface area contributed by atoms with Crippen molar-refractivity contribution in [2.75, 3.05) is 19.5 Å². The maximum atomic E-state index is 11.9. The SMILES string of the molecule is COc1ccc(OCCSc2nc3c(c(=O)[nH]2)CSC3)cc1. The van der Waals surface area contributed by atoms with Crippen molar-refractivity contribution in [1.82, 2.24) is 9.97 Å². The van der Waals surface area contributed by atoms with Gasteiger partial charge in [-0.1, -0.05) is 11.8 Å². The van der Waals surface area contributed by atoms with Crippen LogP contribution in [-0.2, 0) is 11.5 Å². The van der Waals surface area contributed by atoms with Gasteiger partial charge in [0.1, 0.15) is 11.5 Å². The Hall–Kier alpha value is -1.60. The van der Waals surface area contributed by atoms with E-state index in [1.165, 1.54) is 11.8 Å². The number of H-pyrrole nitrogens is 1. The van der Waals surface area contributed by atoms with Gasteiger partial charge in [0, 0.05) is 22.8 Å². The van der Waals surface area contributed by atoms with E-state index in [0.717, 1.165) is 40.0 Å². The van der Waals surface area contributed by atoms with Gasteiger partial charge in [0.2, 0.25) is 0 Å². The minimum Gasteiger partial charge on any atom is -0.497 e. The highest BCUT2D eigenvalue weighted by Gasteiger charge is 2.17. The standard InChI is InChI=1S/C15H16N2O3S2/c1-19-10-2-4-11(5-3-10)20-6-7-22-15-16-13-9-21-8-12(13)14(18)17-15/h2-5H,6-9H2,1H3,(H,16,17,18). The third-order valence-electron chi connectivity index (χ3n) is 3.21. The van der Waals surface area contributed by atoms with Crippen LogP contribution < -0.4 is 15.0 Å². The highest BCUT2D eigenvalue weighted by Crippen LogP contribution is 2.26. The van der Waals surface area contributed by atoms with E-state index >= 15 is 0 Å². The molecule has 0 radical (unpaired) electrons. The first-order valence-corrected chi connectivity index (χ1v) is 9.00. The summed E-state index contributed by atoms with van der Waals surface area (Å²) in [5.41, 5.74) is 1.74. The van der Waals surface area contributed by atoms with Crippen molar-refractivity contribution in [3.8, 4) is 11.5 Å². The molecule has 0 amide bonds. The van der Waals surface area contributed by atoms with Crippen LogP contribution in [0.4, 0.5) is 0 Å². The third-order valence-corrected chi connectivity index (χ3v) is 5.02. The summed E-state index contributed by atoms with van der Waals surface area (Å²) in [5.74, 6) is 3.92. The lowest BCUT2D eigenvalue weighted by molar-refractivity contribution is 0.342. The molecule has 1 aromatic carbocycles. The molecule has 1 aliphatic rings. The number of methoxy groups -OCH3 is 1. The quantitative estimate of drug-likeness (QED) is 0.497. The zero-order valence-electron chi connectivity index (χ0n) is 12.1. The molecule has 7 heteroatoms. The second-order valence-corrected chi connectivity index (χ2v) is 6.73. The Balaban J connectivity index is 1.51. The summed E-state index contributed by atoms with van der Waals surface area (Å²) in [6.07, 6.45) is 0. The van der Waals surface area contributed by atoms with Crippen LogP contribution >= 0.6 is 23.5 Å². The monoisotopic (exact) mass is 336 g/mol. The van der Waals surface area contributed by atoms with E-state index in [1.54, 1.807) is 18.9 Å². The van der Waals surface area contributed by atoms with Crippen molar-refractivity contribution in [2.45, 2.75) is 16.7 Å². The summed E-state index contributed by atoms with van der Waals surface area (Å²) in [6, 6.07) is 7.46. The van der Waals surface area contributed by atoms with E-state index < -0.39 is 0 Å². The Morgan fingerprint density at radius 3 is 2.82 bits per heavy atom. The van der Waals surface area contributed by atoms with Gasteiger partial charge in [-0.2, -0.15) is 11.8 Å². The summed E-state index contributed by atoms with van der Waals surface area (Å²) in [4.78, 5) is 19.2. The molecule has 2 aromatic rings. The molecule has 1 aromatic heterocycles. The van der Waals surface area contributed by atoms with Crippen LogP contribution in [-0.4, -0.2) is 29.4 Å². The van der Waals surface area contributed by atoms with Crippen LogP contribution in [0.1, 0.15) is 11.3 Å². The fraction of sp³-hybridized carbons (Fsp3) is 0.333. The van der Waals surface area contributed by atoms with Crippen molar-refractivity contribution in [2.24, 2.45) is 0 Å². The molecular formula is C15H16N2O3S2. The van der Waals surface area contributed by atoms with Gasteiger partial charge < -0.3 is 14.5 Å². The smallest absolute Gasteiger partial charge is 0.255 e. The molecule has 22 heavy (non-hydrogen) atoms. The Kier molecular flexibility index (Phi) is 4.94. The highest BCUT2D eigenvalue weighted by atomic mass is 32.2. The fourth-order valence-electron chi connectivity index (χ4n) is 2.08. The Morgan fingerprint density at radius 1 is 1.27 bits per heavy atom. The molecule has 0 saturated carbocycles. The maximum absolute atomic E-state index is 11.9. The van der Waals surface area contributed by atoms with Crippen molar-refractivity contribution >= 4 is 23.5 Å². The molecular weight excluding hydrogens is 320 g/mol. The van der Waals surface area contributed by atoms with E-state index in [-0.39, 0.29) is 5.56 Å². The van der Waals surface area contributed by atoms with Gasteiger partial charge in [-0.15, -0.1) is 0 Å². The first-order valence-electron chi connectivity index (χ1n) is 6.86. The predicted molar refractivity (Wildman–Crippen MR) is 89.1 cm³/mol. The van der Waals surface area contributed by atoms with E-state index in [0.29, 0.717) is 11.8 Å². The topological polar surface area (TPSA) is 64.2 Å². The van der Waals surface area contributed by atoms with Crippen molar-refractivity contribution < 1.29 is 9.47 Å². The minimum absolute atomic E-state index is 0.00595. The molecule has 1 N–H and O–H groups in total. The van der Waals surface area contributed by atoms with Gasteiger partial charge in [-0.25, -0.2) is 4.98 Å². The molecule has 0 spiro atoms. The average Bonchev–Trinajstić information content (AvgIpc) is 3.01. The largest absolute Gasteiger partial charge is 0.497 e. The molecule has 116 valence electrons. The second kappa shape index (κ2) is 7.11. The number of hydrogen-bond acceptors (Lipinski definition) is 6. The van der Waals surface area contributed by atoms with Crippen LogP contribution in [0.3, 0.4) is 0 Å². The number of ether oxygens (including phenoxy) is 2. The minimum atomic E-state index is -0.00595. The number of hydrogen-bond donors (Lipinski definition) is 1. The zero-order chi connectivity index (χ0) is 15.4. The Morgan fingerprint density at radius 2 is 2.05 bits per heavy atom. The molecule has 1 aliphatic heterocycles. The summed E-state index contributed by atoms with van der Waals surface area (Å²) >= 11 is 3.23. The number of fused-ring (bicyclic) bond motifs is 1. The second-order valence-electron chi connectivity index (χ2n) is 4.66. The van der Waals surface area contributed by atoms with E-state index in [9.17, 15) is 4.79 Å². The molecule has 2 heterocycles. The lowest BCUT2D eigenvalue weighted by Gasteiger charge is -2.07. The van der Waals surface area contributed by atoms with Gasteiger partial charge >= 0.3 is 0 Å². The van der Waals surface area contributed by atoms with Crippen LogP contribution in [0, 0.1) is 0 Å².